The summed E-state index contributed by atoms with van der Waals surface area (Å²) in [5.74, 6) is 0. The zero-order valence-electron chi connectivity index (χ0n) is 6.88. The lowest BCUT2D eigenvalue weighted by Crippen LogP contribution is -2.43. The fourth-order valence-electron chi connectivity index (χ4n) is 1.22. The summed E-state index contributed by atoms with van der Waals surface area (Å²) in [4.78, 5) is 4.11. The lowest BCUT2D eigenvalue weighted by molar-refractivity contribution is -0.137. The van der Waals surface area contributed by atoms with E-state index in [1.165, 1.54) is 0 Å². The first-order chi connectivity index (χ1) is 5.71. The molecule has 0 atom stereocenters. The second-order valence-corrected chi connectivity index (χ2v) is 3.12. The fraction of sp³-hybridized carbons (Fsp3) is 0.444. The van der Waals surface area contributed by atoms with Crippen molar-refractivity contribution in [2.24, 2.45) is 0 Å². The maximum Gasteiger partial charge on any atom is 0.198 e. The molecule has 0 amide bonds. The van der Waals surface area contributed by atoms with Crippen molar-refractivity contribution in [1.82, 2.24) is 4.98 Å². The average molecular weight is 167 g/mol. The molecule has 0 bridgehead atoms. The summed E-state index contributed by atoms with van der Waals surface area (Å²) in [6.07, 6.45) is 0. The lowest BCUT2D eigenvalue weighted by atomic mass is 9.99. The first-order valence-corrected chi connectivity index (χ1v) is 3.91. The van der Waals surface area contributed by atoms with Gasteiger partial charge in [0.1, 0.15) is 0 Å². The van der Waals surface area contributed by atoms with Gasteiger partial charge in [-0.15, -0.1) is 0 Å². The van der Waals surface area contributed by atoms with Crippen LogP contribution < -0.4 is 0 Å². The molecule has 1 aromatic heterocycles. The zero-order chi connectivity index (χ0) is 8.60. The van der Waals surface area contributed by atoms with E-state index < -0.39 is 5.67 Å². The molecule has 1 aromatic rings. The Morgan fingerprint density at radius 3 is 2.75 bits per heavy atom. The Labute approximate surface area is 70.4 Å². The molecule has 1 saturated heterocycles. The number of aryl methyl sites for hydroxylation is 1. The molecule has 1 fully saturated rings. The molecule has 0 aromatic carbocycles. The first-order valence-electron chi connectivity index (χ1n) is 3.91. The summed E-state index contributed by atoms with van der Waals surface area (Å²) in [7, 11) is 0. The molecular weight excluding hydrogens is 157 g/mol. The van der Waals surface area contributed by atoms with E-state index in [1.807, 2.05) is 19.1 Å². The minimum atomic E-state index is -1.33. The van der Waals surface area contributed by atoms with Crippen molar-refractivity contribution >= 4 is 0 Å². The number of alkyl halides is 1. The van der Waals surface area contributed by atoms with Crippen LogP contribution in [0.25, 0.3) is 0 Å². The molecule has 0 spiro atoms. The van der Waals surface area contributed by atoms with Crippen molar-refractivity contribution in [3.63, 3.8) is 0 Å². The van der Waals surface area contributed by atoms with Gasteiger partial charge in [-0.1, -0.05) is 6.07 Å². The summed E-state index contributed by atoms with van der Waals surface area (Å²) in [6, 6.07) is 5.37. The third-order valence-corrected chi connectivity index (χ3v) is 2.01. The summed E-state index contributed by atoms with van der Waals surface area (Å²) < 4.78 is 18.4. The van der Waals surface area contributed by atoms with E-state index in [0.29, 0.717) is 5.69 Å². The standard InChI is InChI=1S/C9H10FNO/c1-7-3-2-4-8(11-7)9(10)5-12-6-9/h2-4H,5-6H2,1H3. The van der Waals surface area contributed by atoms with Crippen molar-refractivity contribution in [2.75, 3.05) is 13.2 Å². The summed E-state index contributed by atoms with van der Waals surface area (Å²) >= 11 is 0. The van der Waals surface area contributed by atoms with Gasteiger partial charge in [-0.25, -0.2) is 4.39 Å². The van der Waals surface area contributed by atoms with Gasteiger partial charge in [0, 0.05) is 5.69 Å². The van der Waals surface area contributed by atoms with Crippen LogP contribution in [-0.4, -0.2) is 18.2 Å². The van der Waals surface area contributed by atoms with Crippen molar-refractivity contribution in [3.8, 4) is 0 Å². The van der Waals surface area contributed by atoms with Crippen LogP contribution in [0.1, 0.15) is 11.4 Å². The quantitative estimate of drug-likeness (QED) is 0.633. The van der Waals surface area contributed by atoms with E-state index in [2.05, 4.69) is 4.98 Å². The predicted octanol–water partition coefficient (Wildman–Crippen LogP) is 1.59. The van der Waals surface area contributed by atoms with E-state index in [4.69, 9.17) is 4.74 Å². The average Bonchev–Trinajstić information content (AvgIpc) is 2.00. The molecule has 12 heavy (non-hydrogen) atoms. The molecule has 0 saturated carbocycles. The number of hydrogen-bond acceptors (Lipinski definition) is 2. The van der Waals surface area contributed by atoms with Gasteiger partial charge in [-0.05, 0) is 19.1 Å². The lowest BCUT2D eigenvalue weighted by Gasteiger charge is -2.33. The Kier molecular flexibility index (Phi) is 1.61. The zero-order valence-corrected chi connectivity index (χ0v) is 6.88. The highest BCUT2D eigenvalue weighted by Crippen LogP contribution is 2.32. The van der Waals surface area contributed by atoms with Crippen molar-refractivity contribution < 1.29 is 9.13 Å². The van der Waals surface area contributed by atoms with Crippen LogP contribution in [0.15, 0.2) is 18.2 Å². The van der Waals surface area contributed by atoms with Gasteiger partial charge in [0.2, 0.25) is 0 Å². The van der Waals surface area contributed by atoms with E-state index in [-0.39, 0.29) is 13.2 Å². The molecule has 0 N–H and O–H groups in total. The highest BCUT2D eigenvalue weighted by molar-refractivity contribution is 5.18. The van der Waals surface area contributed by atoms with Gasteiger partial charge in [-0.2, -0.15) is 0 Å². The van der Waals surface area contributed by atoms with Crippen LogP contribution in [-0.2, 0) is 10.4 Å². The van der Waals surface area contributed by atoms with Crippen LogP contribution >= 0.6 is 0 Å². The van der Waals surface area contributed by atoms with Gasteiger partial charge in [-0.3, -0.25) is 4.98 Å². The second kappa shape index (κ2) is 2.52. The van der Waals surface area contributed by atoms with Gasteiger partial charge < -0.3 is 4.74 Å². The predicted molar refractivity (Wildman–Crippen MR) is 42.6 cm³/mol. The van der Waals surface area contributed by atoms with Crippen LogP contribution in [0, 0.1) is 6.92 Å². The Bertz CT molecular complexity index is 296. The Hall–Kier alpha value is -0.960. The van der Waals surface area contributed by atoms with E-state index in [9.17, 15) is 4.39 Å². The first kappa shape index (κ1) is 7.68. The maximum atomic E-state index is 13.6. The Morgan fingerprint density at radius 1 is 1.50 bits per heavy atom. The fourth-order valence-corrected chi connectivity index (χ4v) is 1.22. The van der Waals surface area contributed by atoms with Crippen LogP contribution in [0.5, 0.6) is 0 Å². The number of pyridine rings is 1. The highest BCUT2D eigenvalue weighted by atomic mass is 19.1. The van der Waals surface area contributed by atoms with Gasteiger partial charge >= 0.3 is 0 Å². The van der Waals surface area contributed by atoms with Crippen LogP contribution in [0.2, 0.25) is 0 Å². The normalized spacial score (nSPS) is 20.2. The molecule has 0 aliphatic carbocycles. The number of rotatable bonds is 1. The molecule has 1 aliphatic heterocycles. The monoisotopic (exact) mass is 167 g/mol. The SMILES string of the molecule is Cc1cccc(C2(F)COC2)n1. The Morgan fingerprint density at radius 2 is 2.25 bits per heavy atom. The summed E-state index contributed by atoms with van der Waals surface area (Å²) in [6.45, 7) is 2.14. The molecule has 2 rings (SSSR count). The molecule has 2 nitrogen and oxygen atoms in total. The Balaban J connectivity index is 2.33. The third kappa shape index (κ3) is 1.10. The van der Waals surface area contributed by atoms with Crippen molar-refractivity contribution in [2.45, 2.75) is 12.6 Å². The van der Waals surface area contributed by atoms with E-state index in [1.54, 1.807) is 6.07 Å². The van der Waals surface area contributed by atoms with Crippen LogP contribution in [0.3, 0.4) is 0 Å². The van der Waals surface area contributed by atoms with E-state index >= 15 is 0 Å². The minimum absolute atomic E-state index is 0.142. The molecule has 2 heterocycles. The number of aromatic nitrogens is 1. The van der Waals surface area contributed by atoms with Gasteiger partial charge in [0.15, 0.2) is 5.67 Å². The molecule has 0 radical (unpaired) electrons. The number of halogens is 1. The largest absolute Gasteiger partial charge is 0.374 e. The van der Waals surface area contributed by atoms with Crippen LogP contribution in [0.4, 0.5) is 4.39 Å². The van der Waals surface area contributed by atoms with Gasteiger partial charge in [0.05, 0.1) is 18.9 Å². The van der Waals surface area contributed by atoms with Gasteiger partial charge in [0.25, 0.3) is 0 Å². The number of ether oxygens (including phenoxy) is 1. The summed E-state index contributed by atoms with van der Waals surface area (Å²) in [5, 5.41) is 0. The molecule has 3 heteroatoms. The molecule has 0 unspecified atom stereocenters. The molecule has 1 aliphatic rings. The summed E-state index contributed by atoms with van der Waals surface area (Å²) in [5.41, 5.74) is 0.0108. The topological polar surface area (TPSA) is 22.1 Å². The van der Waals surface area contributed by atoms with Crippen molar-refractivity contribution in [3.05, 3.63) is 29.6 Å². The minimum Gasteiger partial charge on any atom is -0.374 e. The molecular formula is C9H10FNO. The smallest absolute Gasteiger partial charge is 0.198 e. The van der Waals surface area contributed by atoms with Crippen molar-refractivity contribution in [1.29, 1.82) is 0 Å². The number of hydrogen-bond donors (Lipinski definition) is 0. The highest BCUT2D eigenvalue weighted by Gasteiger charge is 2.41. The third-order valence-electron chi connectivity index (χ3n) is 2.01. The maximum absolute atomic E-state index is 13.6. The molecule has 64 valence electrons. The number of nitrogens with zero attached hydrogens (tertiary/aromatic N) is 1. The second-order valence-electron chi connectivity index (χ2n) is 3.12. The van der Waals surface area contributed by atoms with E-state index in [0.717, 1.165) is 5.69 Å².